The summed E-state index contributed by atoms with van der Waals surface area (Å²) in [5.74, 6) is -0.573. The molecule has 0 fully saturated rings. The minimum absolute atomic E-state index is 0.0330. The summed E-state index contributed by atoms with van der Waals surface area (Å²) in [6, 6.07) is 12.6. The zero-order valence-corrected chi connectivity index (χ0v) is 14.3. The molecular weight excluding hydrogens is 330 g/mol. The zero-order valence-electron chi connectivity index (χ0n) is 14.3. The SMILES string of the molecule is CC(=O)Oc1ccc([C@H]2Nc3c(C(=O)[O-])cccc3[C@H]3C=CC[C@H]32)cc1. The lowest BCUT2D eigenvalue weighted by atomic mass is 9.76. The van der Waals surface area contributed by atoms with E-state index in [9.17, 15) is 14.7 Å². The number of esters is 1. The van der Waals surface area contributed by atoms with Crippen LogP contribution >= 0.6 is 0 Å². The first kappa shape index (κ1) is 16.4. The number of hydrogen-bond donors (Lipinski definition) is 1. The first-order chi connectivity index (χ1) is 12.5. The topological polar surface area (TPSA) is 78.5 Å². The minimum Gasteiger partial charge on any atom is -0.545 e. The molecule has 4 rings (SSSR count). The summed E-state index contributed by atoms with van der Waals surface area (Å²) in [6.07, 6.45) is 5.23. The number of anilines is 1. The predicted molar refractivity (Wildman–Crippen MR) is 94.9 cm³/mol. The van der Waals surface area contributed by atoms with Gasteiger partial charge in [-0.05, 0) is 35.6 Å². The van der Waals surface area contributed by atoms with Crippen molar-refractivity contribution in [1.82, 2.24) is 0 Å². The highest BCUT2D eigenvalue weighted by Crippen LogP contribution is 2.50. The third kappa shape index (κ3) is 2.75. The highest BCUT2D eigenvalue weighted by Gasteiger charge is 2.38. The van der Waals surface area contributed by atoms with Crippen molar-refractivity contribution in [1.29, 1.82) is 0 Å². The number of carbonyl (C=O) groups is 2. The largest absolute Gasteiger partial charge is 0.545 e. The molecule has 3 atom stereocenters. The molecule has 1 N–H and O–H groups in total. The van der Waals surface area contributed by atoms with Gasteiger partial charge in [0.2, 0.25) is 0 Å². The van der Waals surface area contributed by atoms with Crippen molar-refractivity contribution in [2.45, 2.75) is 25.3 Å². The molecule has 132 valence electrons. The maximum Gasteiger partial charge on any atom is 0.308 e. The van der Waals surface area contributed by atoms with Gasteiger partial charge in [-0.15, -0.1) is 0 Å². The van der Waals surface area contributed by atoms with E-state index in [-0.39, 0.29) is 23.5 Å². The van der Waals surface area contributed by atoms with E-state index < -0.39 is 5.97 Å². The number of rotatable bonds is 3. The van der Waals surface area contributed by atoms with E-state index in [1.165, 1.54) is 6.92 Å². The lowest BCUT2D eigenvalue weighted by Gasteiger charge is -2.38. The number of nitrogens with one attached hydrogen (secondary N) is 1. The van der Waals surface area contributed by atoms with E-state index in [0.29, 0.717) is 17.4 Å². The van der Waals surface area contributed by atoms with Gasteiger partial charge in [0, 0.05) is 24.1 Å². The Balaban J connectivity index is 1.72. The summed E-state index contributed by atoms with van der Waals surface area (Å²) < 4.78 is 5.09. The Morgan fingerprint density at radius 3 is 2.62 bits per heavy atom. The second-order valence-electron chi connectivity index (χ2n) is 6.70. The Morgan fingerprint density at radius 2 is 1.92 bits per heavy atom. The fourth-order valence-electron chi connectivity index (χ4n) is 4.03. The lowest BCUT2D eigenvalue weighted by Crippen LogP contribution is -2.32. The van der Waals surface area contributed by atoms with Crippen LogP contribution in [-0.4, -0.2) is 11.9 Å². The number of benzene rings is 2. The molecule has 26 heavy (non-hydrogen) atoms. The molecular formula is C21H18NO4-. The van der Waals surface area contributed by atoms with Gasteiger partial charge in [0.15, 0.2) is 0 Å². The van der Waals surface area contributed by atoms with Crippen LogP contribution in [-0.2, 0) is 4.79 Å². The molecule has 5 heteroatoms. The highest BCUT2D eigenvalue weighted by atomic mass is 16.5. The molecule has 1 aliphatic heterocycles. The number of fused-ring (bicyclic) bond motifs is 3. The molecule has 2 aromatic carbocycles. The third-order valence-electron chi connectivity index (χ3n) is 5.12. The Bertz CT molecular complexity index is 901. The fraction of sp³-hybridized carbons (Fsp3) is 0.238. The molecule has 0 saturated heterocycles. The normalized spacial score (nSPS) is 22.9. The number of aromatic carboxylic acids is 1. The van der Waals surface area contributed by atoms with E-state index in [1.807, 2.05) is 18.2 Å². The van der Waals surface area contributed by atoms with E-state index >= 15 is 0 Å². The molecule has 2 aromatic rings. The molecule has 0 radical (unpaired) electrons. The smallest absolute Gasteiger partial charge is 0.308 e. The number of carbonyl (C=O) groups excluding carboxylic acids is 2. The van der Waals surface area contributed by atoms with Crippen LogP contribution in [0.15, 0.2) is 54.6 Å². The molecule has 5 nitrogen and oxygen atoms in total. The quantitative estimate of drug-likeness (QED) is 0.524. The number of carboxylic acid groups (broad SMARTS) is 1. The average molecular weight is 348 g/mol. The molecule has 0 aromatic heterocycles. The summed E-state index contributed by atoms with van der Waals surface area (Å²) >= 11 is 0. The van der Waals surface area contributed by atoms with Gasteiger partial charge in [-0.1, -0.05) is 42.5 Å². The number of hydrogen-bond acceptors (Lipinski definition) is 5. The van der Waals surface area contributed by atoms with Gasteiger partial charge in [0.05, 0.1) is 12.0 Å². The van der Waals surface area contributed by atoms with Crippen molar-refractivity contribution in [3.63, 3.8) is 0 Å². The van der Waals surface area contributed by atoms with Gasteiger partial charge >= 0.3 is 5.97 Å². The molecule has 0 unspecified atom stereocenters. The second kappa shape index (κ2) is 6.33. The van der Waals surface area contributed by atoms with Crippen LogP contribution in [0.25, 0.3) is 0 Å². The Labute approximate surface area is 151 Å². The molecule has 0 bridgehead atoms. The van der Waals surface area contributed by atoms with Gasteiger partial charge in [-0.3, -0.25) is 4.79 Å². The molecule has 0 amide bonds. The Kier molecular flexibility index (Phi) is 3.99. The summed E-state index contributed by atoms with van der Waals surface area (Å²) in [6.45, 7) is 1.36. The van der Waals surface area contributed by atoms with Gasteiger partial charge in [0.25, 0.3) is 0 Å². The van der Waals surface area contributed by atoms with E-state index in [0.717, 1.165) is 17.5 Å². The van der Waals surface area contributed by atoms with Crippen LogP contribution in [0, 0.1) is 5.92 Å². The molecule has 0 saturated carbocycles. The molecule has 0 spiro atoms. The number of allylic oxidation sites excluding steroid dienone is 2. The van der Waals surface area contributed by atoms with E-state index in [1.54, 1.807) is 24.3 Å². The first-order valence-corrected chi connectivity index (χ1v) is 8.60. The van der Waals surface area contributed by atoms with Crippen LogP contribution in [0.4, 0.5) is 5.69 Å². The standard InChI is InChI=1S/C21H19NO4/c1-12(23)26-14-10-8-13(9-11-14)19-16-5-2-4-15(16)17-6-3-7-18(21(24)25)20(17)22-19/h2-4,6-11,15-16,19,22H,5H2,1H3,(H,24,25)/p-1/t15-,16+,19+/m0/s1. The lowest BCUT2D eigenvalue weighted by molar-refractivity contribution is -0.254. The van der Waals surface area contributed by atoms with E-state index in [4.69, 9.17) is 4.74 Å². The summed E-state index contributed by atoms with van der Waals surface area (Å²) in [5.41, 5.74) is 2.84. The van der Waals surface area contributed by atoms with Crippen molar-refractivity contribution in [3.8, 4) is 5.75 Å². The summed E-state index contributed by atoms with van der Waals surface area (Å²) in [5, 5.41) is 15.0. The Morgan fingerprint density at radius 1 is 1.15 bits per heavy atom. The van der Waals surface area contributed by atoms with Crippen LogP contribution < -0.4 is 15.2 Å². The maximum absolute atomic E-state index is 11.5. The number of para-hydroxylation sites is 1. The van der Waals surface area contributed by atoms with Crippen molar-refractivity contribution in [3.05, 3.63) is 71.3 Å². The minimum atomic E-state index is -1.18. The Hall–Kier alpha value is -3.08. The zero-order chi connectivity index (χ0) is 18.3. The second-order valence-corrected chi connectivity index (χ2v) is 6.70. The maximum atomic E-state index is 11.5. The summed E-state index contributed by atoms with van der Waals surface area (Å²) in [7, 11) is 0. The third-order valence-corrected chi connectivity index (χ3v) is 5.12. The van der Waals surface area contributed by atoms with Crippen LogP contribution in [0.2, 0.25) is 0 Å². The summed E-state index contributed by atoms with van der Waals surface area (Å²) in [4.78, 5) is 22.6. The van der Waals surface area contributed by atoms with E-state index in [2.05, 4.69) is 17.5 Å². The molecule has 1 aliphatic carbocycles. The van der Waals surface area contributed by atoms with Crippen molar-refractivity contribution < 1.29 is 19.4 Å². The molecule has 1 heterocycles. The predicted octanol–water partition coefficient (Wildman–Crippen LogP) is 2.80. The average Bonchev–Trinajstić information content (AvgIpc) is 3.10. The van der Waals surface area contributed by atoms with Crippen LogP contribution in [0.1, 0.15) is 46.8 Å². The molecule has 2 aliphatic rings. The highest BCUT2D eigenvalue weighted by molar-refractivity contribution is 5.94. The van der Waals surface area contributed by atoms with Gasteiger partial charge in [0.1, 0.15) is 5.75 Å². The van der Waals surface area contributed by atoms with Crippen molar-refractivity contribution >= 4 is 17.6 Å². The van der Waals surface area contributed by atoms with Crippen molar-refractivity contribution in [2.24, 2.45) is 5.92 Å². The number of carboxylic acids is 1. The fourth-order valence-corrected chi connectivity index (χ4v) is 4.03. The monoisotopic (exact) mass is 348 g/mol. The van der Waals surface area contributed by atoms with Gasteiger partial charge < -0.3 is 20.0 Å². The van der Waals surface area contributed by atoms with Crippen LogP contribution in [0.3, 0.4) is 0 Å². The van der Waals surface area contributed by atoms with Gasteiger partial charge in [-0.2, -0.15) is 0 Å². The van der Waals surface area contributed by atoms with Crippen molar-refractivity contribution in [2.75, 3.05) is 5.32 Å². The number of ether oxygens (including phenoxy) is 1. The van der Waals surface area contributed by atoms with Crippen LogP contribution in [0.5, 0.6) is 5.75 Å². The first-order valence-electron chi connectivity index (χ1n) is 8.60. The van der Waals surface area contributed by atoms with Gasteiger partial charge in [-0.25, -0.2) is 0 Å².